The molecular formula is C17H15BrClN3O3. The lowest BCUT2D eigenvalue weighted by Crippen LogP contribution is -2.42. The number of benzene rings is 2. The lowest BCUT2D eigenvalue weighted by atomic mass is 10.2. The van der Waals surface area contributed by atoms with E-state index in [1.165, 1.54) is 0 Å². The molecule has 0 radical (unpaired) electrons. The van der Waals surface area contributed by atoms with Crippen molar-refractivity contribution in [1.82, 2.24) is 16.2 Å². The number of nitrogens with one attached hydrogen (secondary N) is 3. The van der Waals surface area contributed by atoms with Gasteiger partial charge >= 0.3 is 0 Å². The minimum absolute atomic E-state index is 0.0234. The van der Waals surface area contributed by atoms with Crippen LogP contribution in [0.15, 0.2) is 53.0 Å². The molecule has 0 aliphatic heterocycles. The fourth-order valence-electron chi connectivity index (χ4n) is 1.89. The highest BCUT2D eigenvalue weighted by molar-refractivity contribution is 9.10. The Morgan fingerprint density at radius 2 is 1.60 bits per heavy atom. The SMILES string of the molecule is O=C(CCNC(=O)c1ccc(Cl)cc1)NNC(=O)c1ccccc1Br. The molecule has 2 aromatic carbocycles. The molecule has 0 unspecified atom stereocenters. The molecule has 25 heavy (non-hydrogen) atoms. The first-order chi connectivity index (χ1) is 12.0. The van der Waals surface area contributed by atoms with Crippen molar-refractivity contribution >= 4 is 45.3 Å². The van der Waals surface area contributed by atoms with E-state index in [0.717, 1.165) is 0 Å². The Hall–Kier alpha value is -2.38. The number of hydrazine groups is 1. The molecule has 8 heteroatoms. The highest BCUT2D eigenvalue weighted by Crippen LogP contribution is 2.15. The molecule has 0 bridgehead atoms. The largest absolute Gasteiger partial charge is 0.352 e. The van der Waals surface area contributed by atoms with E-state index in [1.807, 2.05) is 0 Å². The van der Waals surface area contributed by atoms with E-state index in [9.17, 15) is 14.4 Å². The third-order valence-electron chi connectivity index (χ3n) is 3.18. The third kappa shape index (κ3) is 5.88. The van der Waals surface area contributed by atoms with Crippen molar-refractivity contribution in [1.29, 1.82) is 0 Å². The van der Waals surface area contributed by atoms with Gasteiger partial charge in [-0.25, -0.2) is 0 Å². The molecule has 0 saturated heterocycles. The van der Waals surface area contributed by atoms with Crippen molar-refractivity contribution in [3.63, 3.8) is 0 Å². The molecule has 2 aromatic rings. The molecule has 0 spiro atoms. The summed E-state index contributed by atoms with van der Waals surface area (Å²) in [4.78, 5) is 35.5. The van der Waals surface area contributed by atoms with E-state index in [4.69, 9.17) is 11.6 Å². The van der Waals surface area contributed by atoms with E-state index in [-0.39, 0.29) is 18.9 Å². The van der Waals surface area contributed by atoms with Gasteiger partial charge in [-0.05, 0) is 52.3 Å². The van der Waals surface area contributed by atoms with Crippen molar-refractivity contribution in [3.8, 4) is 0 Å². The maximum Gasteiger partial charge on any atom is 0.270 e. The topological polar surface area (TPSA) is 87.3 Å². The lowest BCUT2D eigenvalue weighted by Gasteiger charge is -2.09. The second-order valence-corrected chi connectivity index (χ2v) is 6.29. The van der Waals surface area contributed by atoms with Crippen LogP contribution in [0, 0.1) is 0 Å². The van der Waals surface area contributed by atoms with Gasteiger partial charge in [0, 0.05) is 28.0 Å². The summed E-state index contributed by atoms with van der Waals surface area (Å²) in [6, 6.07) is 13.3. The molecule has 0 heterocycles. The Labute approximate surface area is 158 Å². The van der Waals surface area contributed by atoms with Crippen LogP contribution in [-0.4, -0.2) is 24.3 Å². The van der Waals surface area contributed by atoms with Crippen LogP contribution in [-0.2, 0) is 4.79 Å². The Balaban J connectivity index is 1.72. The summed E-state index contributed by atoms with van der Waals surface area (Å²) in [6.07, 6.45) is 0.0234. The van der Waals surface area contributed by atoms with Crippen molar-refractivity contribution in [2.24, 2.45) is 0 Å². The zero-order chi connectivity index (χ0) is 18.2. The number of carbonyl (C=O) groups is 3. The maximum absolute atomic E-state index is 11.9. The van der Waals surface area contributed by atoms with Crippen molar-refractivity contribution in [3.05, 3.63) is 69.2 Å². The average Bonchev–Trinajstić information content (AvgIpc) is 2.60. The van der Waals surface area contributed by atoms with Crippen LogP contribution in [0.25, 0.3) is 0 Å². The second kappa shape index (κ2) is 9.19. The van der Waals surface area contributed by atoms with Gasteiger partial charge in [-0.15, -0.1) is 0 Å². The van der Waals surface area contributed by atoms with Gasteiger partial charge in [0.25, 0.3) is 11.8 Å². The zero-order valence-corrected chi connectivity index (χ0v) is 15.4. The van der Waals surface area contributed by atoms with Crippen LogP contribution in [0.2, 0.25) is 5.02 Å². The Bertz CT molecular complexity index is 781. The summed E-state index contributed by atoms with van der Waals surface area (Å²) in [7, 11) is 0. The summed E-state index contributed by atoms with van der Waals surface area (Å²) >= 11 is 9.01. The Morgan fingerprint density at radius 3 is 2.28 bits per heavy atom. The standard InChI is InChI=1S/C17H15BrClN3O3/c18-14-4-2-1-3-13(14)17(25)22-21-15(23)9-10-20-16(24)11-5-7-12(19)8-6-11/h1-8H,9-10H2,(H,20,24)(H,21,23)(H,22,25). The second-order valence-electron chi connectivity index (χ2n) is 4.99. The number of hydrogen-bond donors (Lipinski definition) is 3. The average molecular weight is 425 g/mol. The molecule has 0 saturated carbocycles. The smallest absolute Gasteiger partial charge is 0.270 e. The van der Waals surface area contributed by atoms with Gasteiger partial charge in [0.2, 0.25) is 5.91 Å². The van der Waals surface area contributed by atoms with Crippen LogP contribution < -0.4 is 16.2 Å². The quantitative estimate of drug-likeness (QED) is 0.645. The molecule has 2 rings (SSSR count). The number of rotatable bonds is 5. The maximum atomic E-state index is 11.9. The Kier molecular flexibility index (Phi) is 6.97. The summed E-state index contributed by atoms with van der Waals surface area (Å²) in [5, 5.41) is 3.15. The van der Waals surface area contributed by atoms with Crippen LogP contribution in [0.3, 0.4) is 0 Å². The normalized spacial score (nSPS) is 10.0. The van der Waals surface area contributed by atoms with E-state index in [2.05, 4.69) is 32.1 Å². The zero-order valence-electron chi connectivity index (χ0n) is 13.0. The lowest BCUT2D eigenvalue weighted by molar-refractivity contribution is -0.121. The summed E-state index contributed by atoms with van der Waals surface area (Å²) in [5.74, 6) is -1.16. The molecular weight excluding hydrogens is 410 g/mol. The minimum atomic E-state index is -0.439. The summed E-state index contributed by atoms with van der Waals surface area (Å²) in [6.45, 7) is 0.137. The first-order valence-electron chi connectivity index (χ1n) is 7.35. The molecule has 0 aliphatic carbocycles. The molecule has 0 atom stereocenters. The molecule has 0 aromatic heterocycles. The van der Waals surface area contributed by atoms with Crippen molar-refractivity contribution < 1.29 is 14.4 Å². The molecule has 3 N–H and O–H groups in total. The van der Waals surface area contributed by atoms with Gasteiger partial charge in [-0.1, -0.05) is 23.7 Å². The van der Waals surface area contributed by atoms with Gasteiger partial charge in [-0.3, -0.25) is 25.2 Å². The summed E-state index contributed by atoms with van der Waals surface area (Å²) in [5.41, 5.74) is 5.47. The van der Waals surface area contributed by atoms with E-state index < -0.39 is 11.8 Å². The van der Waals surface area contributed by atoms with Gasteiger partial charge in [0.15, 0.2) is 0 Å². The van der Waals surface area contributed by atoms with Crippen molar-refractivity contribution in [2.45, 2.75) is 6.42 Å². The molecule has 6 nitrogen and oxygen atoms in total. The first-order valence-corrected chi connectivity index (χ1v) is 8.52. The predicted octanol–water partition coefficient (Wildman–Crippen LogP) is 2.68. The minimum Gasteiger partial charge on any atom is -0.352 e. The van der Waals surface area contributed by atoms with Crippen LogP contribution >= 0.6 is 27.5 Å². The van der Waals surface area contributed by atoms with Crippen LogP contribution in [0.5, 0.6) is 0 Å². The summed E-state index contributed by atoms with van der Waals surface area (Å²) < 4.78 is 0.622. The molecule has 130 valence electrons. The van der Waals surface area contributed by atoms with E-state index >= 15 is 0 Å². The molecule has 0 fully saturated rings. The van der Waals surface area contributed by atoms with E-state index in [1.54, 1.807) is 48.5 Å². The van der Waals surface area contributed by atoms with Gasteiger partial charge in [0.05, 0.1) is 5.56 Å². The monoisotopic (exact) mass is 423 g/mol. The van der Waals surface area contributed by atoms with Gasteiger partial charge in [0.1, 0.15) is 0 Å². The van der Waals surface area contributed by atoms with E-state index in [0.29, 0.717) is 20.6 Å². The molecule has 0 aliphatic rings. The first kappa shape index (κ1) is 19.0. The number of halogens is 2. The van der Waals surface area contributed by atoms with Gasteiger partial charge in [-0.2, -0.15) is 0 Å². The number of carbonyl (C=O) groups excluding carboxylic acids is 3. The molecule has 3 amide bonds. The van der Waals surface area contributed by atoms with Gasteiger partial charge < -0.3 is 5.32 Å². The predicted molar refractivity (Wildman–Crippen MR) is 98.2 cm³/mol. The highest BCUT2D eigenvalue weighted by Gasteiger charge is 2.11. The fraction of sp³-hybridized carbons (Fsp3) is 0.118. The van der Waals surface area contributed by atoms with Crippen LogP contribution in [0.4, 0.5) is 0 Å². The Morgan fingerprint density at radius 1 is 0.920 bits per heavy atom. The highest BCUT2D eigenvalue weighted by atomic mass is 79.9. The number of hydrogen-bond acceptors (Lipinski definition) is 3. The number of amides is 3. The fourth-order valence-corrected chi connectivity index (χ4v) is 2.49. The third-order valence-corrected chi connectivity index (χ3v) is 4.12. The van der Waals surface area contributed by atoms with Crippen LogP contribution in [0.1, 0.15) is 27.1 Å². The van der Waals surface area contributed by atoms with Crippen molar-refractivity contribution in [2.75, 3.05) is 6.54 Å².